The van der Waals surface area contributed by atoms with E-state index < -0.39 is 23.1 Å². The Morgan fingerprint density at radius 1 is 0.906 bits per heavy atom. The molecule has 0 bridgehead atoms. The third kappa shape index (κ3) is 14.8. The van der Waals surface area contributed by atoms with E-state index in [1.807, 2.05) is 27.7 Å². The van der Waals surface area contributed by atoms with Gasteiger partial charge in [-0.25, -0.2) is 6.17 Å². The first-order valence-corrected chi connectivity index (χ1v) is 12.8. The van der Waals surface area contributed by atoms with Crippen LogP contribution in [0.25, 0.3) is 10.6 Å². The van der Waals surface area contributed by atoms with Gasteiger partial charge < -0.3 is 18.1 Å². The van der Waals surface area contributed by atoms with E-state index in [1.165, 1.54) is 12.1 Å². The molecule has 186 valence electrons. The molecule has 32 heavy (non-hydrogen) atoms. The fraction of sp³-hybridized carbons (Fsp3) is 0.708. The maximum Gasteiger partial charge on any atom is -0.358 e. The number of rotatable bonds is 10. The Kier molecular flexibility index (Phi) is 16.1. The van der Waals surface area contributed by atoms with Gasteiger partial charge in [0.2, 0.25) is 0 Å². The molecule has 0 saturated heterocycles. The minimum atomic E-state index is -0.492. The molecule has 0 saturated carbocycles. The summed E-state index contributed by atoms with van der Waals surface area (Å²) in [5, 5.41) is 19.6. The summed E-state index contributed by atoms with van der Waals surface area (Å²) in [5.74, 6) is 0. The van der Waals surface area contributed by atoms with Crippen molar-refractivity contribution in [2.75, 3.05) is 0 Å². The van der Waals surface area contributed by atoms with Crippen LogP contribution in [0.5, 0.6) is 0 Å². The molecule has 0 spiro atoms. The smallest absolute Gasteiger partial charge is 0.358 e. The molecular formula is C24H44MoN5O2-3. The van der Waals surface area contributed by atoms with Crippen LogP contribution in [0.1, 0.15) is 93.8 Å². The fourth-order valence-corrected chi connectivity index (χ4v) is 3.74. The minimum absolute atomic E-state index is 0. The van der Waals surface area contributed by atoms with Crippen molar-refractivity contribution in [1.29, 1.82) is 0 Å². The van der Waals surface area contributed by atoms with Crippen molar-refractivity contribution in [3.05, 3.63) is 58.0 Å². The van der Waals surface area contributed by atoms with Crippen LogP contribution < -0.4 is 0 Å². The first-order valence-electron chi connectivity index (χ1n) is 11.0. The average molecular weight is 531 g/mol. The Hall–Kier alpha value is -1.17. The van der Waals surface area contributed by atoms with E-state index in [0.717, 1.165) is 18.4 Å². The molecule has 0 N–H and O–H groups in total. The Bertz CT molecular complexity index is 694. The van der Waals surface area contributed by atoms with Crippen molar-refractivity contribution in [2.45, 2.75) is 111 Å². The molecule has 1 aromatic rings. The second kappa shape index (κ2) is 15.6. The number of hydrogen-bond acceptors (Lipinski definition) is 4. The van der Waals surface area contributed by atoms with Gasteiger partial charge in [0.15, 0.2) is 0 Å². The number of nitro benzene ring substituents is 1. The van der Waals surface area contributed by atoms with E-state index in [2.05, 4.69) is 59.2 Å². The van der Waals surface area contributed by atoms with Crippen LogP contribution >= 0.6 is 0 Å². The molecule has 0 amide bonds. The molecule has 0 unspecified atom stereocenters. The molecule has 0 heterocycles. The summed E-state index contributed by atoms with van der Waals surface area (Å²) < 4.78 is 9.34. The molecular weight excluding hydrogens is 486 g/mol. The van der Waals surface area contributed by atoms with Crippen molar-refractivity contribution in [1.82, 2.24) is 0 Å². The van der Waals surface area contributed by atoms with Gasteiger partial charge in [0.1, 0.15) is 0 Å². The first kappa shape index (κ1) is 33.0. The predicted molar refractivity (Wildman–Crippen MR) is 133 cm³/mol. The second-order valence-electron chi connectivity index (χ2n) is 9.30. The summed E-state index contributed by atoms with van der Waals surface area (Å²) in [4.78, 5) is 10.2. The van der Waals surface area contributed by atoms with Gasteiger partial charge in [-0.3, -0.25) is 10.1 Å². The molecule has 0 aliphatic heterocycles. The third-order valence-electron chi connectivity index (χ3n) is 4.59. The summed E-state index contributed by atoms with van der Waals surface area (Å²) in [6.45, 7) is 21.1. The molecule has 0 radical (unpaired) electrons. The van der Waals surface area contributed by atoms with Crippen LogP contribution in [0.2, 0.25) is 0 Å². The largest absolute Gasteiger partial charge is 0.358 e. The third-order valence-corrected chi connectivity index (χ3v) is 7.42. The van der Waals surface area contributed by atoms with E-state index in [1.54, 1.807) is 12.1 Å². The van der Waals surface area contributed by atoms with E-state index in [0.29, 0.717) is 0 Å². The SMILES string of the molecule is CC(C)[N-]C([N-]C(C)C)c1ccc([N+](=O)[O-])cc1.CCC(C)(C)[N]=[Mo]=[N]C(C)(C)CC.[CH3-]. The normalized spacial score (nSPS) is 11.5. The number of benzene rings is 1. The van der Waals surface area contributed by atoms with E-state index >= 15 is 0 Å². The van der Waals surface area contributed by atoms with Crippen molar-refractivity contribution in [3.8, 4) is 0 Å². The van der Waals surface area contributed by atoms with Crippen molar-refractivity contribution < 1.29 is 23.1 Å². The molecule has 7 nitrogen and oxygen atoms in total. The van der Waals surface area contributed by atoms with Gasteiger partial charge in [0.05, 0.1) is 4.92 Å². The second-order valence-corrected chi connectivity index (χ2v) is 10.6. The summed E-state index contributed by atoms with van der Waals surface area (Å²) >= 11 is -0.492. The Balaban J connectivity index is 0. The Morgan fingerprint density at radius 2 is 1.28 bits per heavy atom. The van der Waals surface area contributed by atoms with Gasteiger partial charge in [-0.05, 0) is 0 Å². The first-order chi connectivity index (χ1) is 14.2. The topological polar surface area (TPSA) is 96.1 Å². The van der Waals surface area contributed by atoms with Crippen LogP contribution in [-0.4, -0.2) is 28.1 Å². The summed E-state index contributed by atoms with van der Waals surface area (Å²) in [6.07, 6.45) is 1.98. The zero-order valence-electron chi connectivity index (χ0n) is 21.9. The predicted octanol–water partition coefficient (Wildman–Crippen LogP) is 8.42. The number of non-ortho nitro benzene ring substituents is 1. The molecule has 0 fully saturated rings. The molecule has 8 heteroatoms. The van der Waals surface area contributed by atoms with Crippen LogP contribution in [-0.2, 0) is 18.2 Å². The van der Waals surface area contributed by atoms with Gasteiger partial charge in [-0.15, -0.1) is 12.1 Å². The molecule has 0 aliphatic carbocycles. The van der Waals surface area contributed by atoms with E-state index in [-0.39, 0.29) is 42.4 Å². The van der Waals surface area contributed by atoms with Crippen molar-refractivity contribution in [2.24, 2.45) is 6.99 Å². The van der Waals surface area contributed by atoms with E-state index in [9.17, 15) is 10.1 Å². The monoisotopic (exact) mass is 532 g/mol. The molecule has 1 rings (SSSR count). The van der Waals surface area contributed by atoms with Crippen LogP contribution in [0.15, 0.2) is 31.3 Å². The standard InChI is InChI=1S/C13H19N3O2.2C5H11N.CH3.Mo/c1-9(2)14-13(15-10(3)4)11-5-7-12(8-6-11)16(17)18;2*1-4-5(2,3)6;;/h5-10,13H,1-4H3;2*4H2,1-3H3;1H3;/q-2;;;-1;. The van der Waals surface area contributed by atoms with Crippen molar-refractivity contribution in [3.63, 3.8) is 0 Å². The minimum Gasteiger partial charge on any atom is -0.358 e. The maximum atomic E-state index is 10.6. The summed E-state index contributed by atoms with van der Waals surface area (Å²) in [7, 11) is 0. The molecule has 0 aromatic heterocycles. The van der Waals surface area contributed by atoms with Gasteiger partial charge in [0, 0.05) is 12.1 Å². The molecule has 0 atom stereocenters. The van der Waals surface area contributed by atoms with Crippen molar-refractivity contribution >= 4 is 5.69 Å². The van der Waals surface area contributed by atoms with E-state index in [4.69, 9.17) is 0 Å². The quantitative estimate of drug-likeness (QED) is 0.131. The molecule has 1 aromatic carbocycles. The van der Waals surface area contributed by atoms with Gasteiger partial charge >= 0.3 is 90.7 Å². The average Bonchev–Trinajstić information content (AvgIpc) is 2.67. The molecule has 0 aliphatic rings. The van der Waals surface area contributed by atoms with Gasteiger partial charge in [0.25, 0.3) is 5.69 Å². The number of nitrogens with zero attached hydrogens (tertiary/aromatic N) is 5. The number of hydrogen-bond donors (Lipinski definition) is 0. The summed E-state index contributed by atoms with van der Waals surface area (Å²) in [6, 6.07) is 6.78. The van der Waals surface area contributed by atoms with Crippen LogP contribution in [0, 0.1) is 17.5 Å². The zero-order valence-corrected chi connectivity index (χ0v) is 23.9. The Morgan fingerprint density at radius 3 is 1.56 bits per heavy atom. The number of nitro groups is 1. The Labute approximate surface area is 204 Å². The van der Waals surface area contributed by atoms with Gasteiger partial charge in [-0.2, -0.15) is 0 Å². The zero-order chi connectivity index (χ0) is 24.2. The fourth-order valence-electron chi connectivity index (χ4n) is 1.91. The van der Waals surface area contributed by atoms with Gasteiger partial charge in [-0.1, -0.05) is 45.4 Å². The van der Waals surface area contributed by atoms with Crippen LogP contribution in [0.4, 0.5) is 5.69 Å². The maximum absolute atomic E-state index is 10.6. The summed E-state index contributed by atoms with van der Waals surface area (Å²) in [5.41, 5.74) is 1.28. The van der Waals surface area contributed by atoms with Crippen LogP contribution in [0.3, 0.4) is 0 Å².